The number of thiazole rings is 1. The molecule has 1 aromatic heterocycles. The summed E-state index contributed by atoms with van der Waals surface area (Å²) < 4.78 is 11.0. The number of likely N-dealkylation sites (tertiary alicyclic amines) is 1. The van der Waals surface area contributed by atoms with Gasteiger partial charge in [0.2, 0.25) is 5.91 Å². The molecular weight excluding hydrogens is 442 g/mol. The molecule has 2 unspecified atom stereocenters. The highest BCUT2D eigenvalue weighted by Gasteiger charge is 2.29. The number of nitrogens with zero attached hydrogens (tertiary/aromatic N) is 3. The molecule has 1 aromatic carbocycles. The number of anilines is 1. The van der Waals surface area contributed by atoms with Crippen LogP contribution in [0, 0.1) is 0 Å². The van der Waals surface area contributed by atoms with Crippen LogP contribution in [-0.4, -0.2) is 52.9 Å². The average Bonchev–Trinajstić information content (AvgIpc) is 3.25. The van der Waals surface area contributed by atoms with Crippen LogP contribution in [0.15, 0.2) is 29.6 Å². The molecule has 0 N–H and O–H groups in total. The van der Waals surface area contributed by atoms with Crippen LogP contribution >= 0.6 is 11.3 Å². The van der Waals surface area contributed by atoms with Crippen LogP contribution in [0.2, 0.25) is 0 Å². The van der Waals surface area contributed by atoms with Crippen LogP contribution in [0.1, 0.15) is 63.0 Å². The summed E-state index contributed by atoms with van der Waals surface area (Å²) in [6, 6.07) is 6.97. The van der Waals surface area contributed by atoms with Crippen molar-refractivity contribution in [1.29, 1.82) is 0 Å². The van der Waals surface area contributed by atoms with Crippen molar-refractivity contribution in [3.8, 4) is 5.75 Å². The third-order valence-corrected chi connectivity index (χ3v) is 6.66. The van der Waals surface area contributed by atoms with Gasteiger partial charge in [0.1, 0.15) is 12.4 Å². The van der Waals surface area contributed by atoms with Gasteiger partial charge in [-0.2, -0.15) is 0 Å². The van der Waals surface area contributed by atoms with Gasteiger partial charge in [0.05, 0.1) is 11.3 Å². The predicted molar refractivity (Wildman–Crippen MR) is 126 cm³/mol. The van der Waals surface area contributed by atoms with Gasteiger partial charge in [-0.1, -0.05) is 0 Å². The van der Waals surface area contributed by atoms with E-state index in [1.807, 2.05) is 11.8 Å². The minimum atomic E-state index is -0.484. The zero-order chi connectivity index (χ0) is 24.0. The minimum absolute atomic E-state index is 0.0176. The molecule has 2 aromatic rings. The molecule has 1 aliphatic rings. The van der Waals surface area contributed by atoms with Crippen molar-refractivity contribution < 1.29 is 23.9 Å². The molecule has 0 bridgehead atoms. The van der Waals surface area contributed by atoms with Crippen molar-refractivity contribution in [2.75, 3.05) is 18.1 Å². The minimum Gasteiger partial charge on any atom is -0.484 e. The zero-order valence-electron chi connectivity index (χ0n) is 19.6. The highest BCUT2D eigenvalue weighted by atomic mass is 32.1. The molecule has 178 valence electrons. The Labute approximate surface area is 198 Å². The Balaban J connectivity index is 1.49. The van der Waals surface area contributed by atoms with Gasteiger partial charge in [-0.25, -0.2) is 9.78 Å². The van der Waals surface area contributed by atoms with Crippen molar-refractivity contribution in [3.63, 3.8) is 0 Å². The van der Waals surface area contributed by atoms with Gasteiger partial charge < -0.3 is 14.4 Å². The number of amides is 2. The second-order valence-corrected chi connectivity index (χ2v) is 9.04. The summed E-state index contributed by atoms with van der Waals surface area (Å²) in [7, 11) is 0. The summed E-state index contributed by atoms with van der Waals surface area (Å²) in [5, 5.41) is 2.35. The lowest BCUT2D eigenvalue weighted by molar-refractivity contribution is -0.139. The van der Waals surface area contributed by atoms with Gasteiger partial charge in [-0.3, -0.25) is 14.5 Å². The number of rotatable bonds is 8. The summed E-state index contributed by atoms with van der Waals surface area (Å²) in [5.41, 5.74) is 0.962. The molecule has 3 rings (SSSR count). The van der Waals surface area contributed by atoms with Crippen LogP contribution in [0.3, 0.4) is 0 Å². The second-order valence-electron chi connectivity index (χ2n) is 8.20. The quantitative estimate of drug-likeness (QED) is 0.538. The number of carbonyl (C=O) groups is 3. The Kier molecular flexibility index (Phi) is 8.43. The fourth-order valence-electron chi connectivity index (χ4n) is 4.02. The molecule has 33 heavy (non-hydrogen) atoms. The van der Waals surface area contributed by atoms with E-state index in [0.717, 1.165) is 19.3 Å². The molecule has 0 aliphatic carbocycles. The summed E-state index contributed by atoms with van der Waals surface area (Å²) in [6.07, 6.45) is 3.18. The van der Waals surface area contributed by atoms with E-state index in [2.05, 4.69) is 18.8 Å². The highest BCUT2D eigenvalue weighted by Crippen LogP contribution is 2.23. The summed E-state index contributed by atoms with van der Waals surface area (Å²) in [6.45, 7) is 8.03. The number of carbonyl (C=O) groups excluding carboxylic acids is 3. The molecular formula is C24H31N3O5S. The SMILES string of the molecule is CCN(C(C)=O)c1nc(COC(=O)c2ccc(OCC(=O)N3C(C)CCCC3C)cc2)cs1. The Morgan fingerprint density at radius 3 is 2.42 bits per heavy atom. The van der Waals surface area contributed by atoms with Gasteiger partial charge in [-0.15, -0.1) is 11.3 Å². The monoisotopic (exact) mass is 473 g/mol. The van der Waals surface area contributed by atoms with Crippen LogP contribution in [0.25, 0.3) is 0 Å². The summed E-state index contributed by atoms with van der Waals surface area (Å²) >= 11 is 1.33. The average molecular weight is 474 g/mol. The van der Waals surface area contributed by atoms with E-state index in [1.165, 1.54) is 18.3 Å². The maximum Gasteiger partial charge on any atom is 0.338 e. The van der Waals surface area contributed by atoms with Gasteiger partial charge in [0, 0.05) is 30.9 Å². The lowest BCUT2D eigenvalue weighted by Gasteiger charge is -2.38. The van der Waals surface area contributed by atoms with Crippen molar-refractivity contribution >= 4 is 34.3 Å². The van der Waals surface area contributed by atoms with Crippen LogP contribution in [0.4, 0.5) is 5.13 Å². The Hall–Kier alpha value is -2.94. The molecule has 0 saturated carbocycles. The lowest BCUT2D eigenvalue weighted by Crippen LogP contribution is -2.49. The van der Waals surface area contributed by atoms with Crippen molar-refractivity contribution in [2.45, 2.75) is 65.6 Å². The van der Waals surface area contributed by atoms with E-state index in [0.29, 0.717) is 28.7 Å². The molecule has 1 saturated heterocycles. The first-order chi connectivity index (χ1) is 15.8. The van der Waals surface area contributed by atoms with Gasteiger partial charge >= 0.3 is 5.97 Å². The fraction of sp³-hybridized carbons (Fsp3) is 0.500. The van der Waals surface area contributed by atoms with Crippen LogP contribution in [0.5, 0.6) is 5.75 Å². The van der Waals surface area contributed by atoms with Gasteiger partial charge in [0.15, 0.2) is 11.7 Å². The first kappa shape index (κ1) is 24.7. The Bertz CT molecular complexity index is 965. The molecule has 0 radical (unpaired) electrons. The van der Waals surface area contributed by atoms with E-state index in [1.54, 1.807) is 34.5 Å². The van der Waals surface area contributed by atoms with Gasteiger partial charge in [-0.05, 0) is 64.3 Å². The van der Waals surface area contributed by atoms with Crippen molar-refractivity contribution in [3.05, 3.63) is 40.9 Å². The van der Waals surface area contributed by atoms with E-state index in [-0.39, 0.29) is 37.1 Å². The molecule has 2 heterocycles. The smallest absolute Gasteiger partial charge is 0.338 e. The highest BCUT2D eigenvalue weighted by molar-refractivity contribution is 7.14. The zero-order valence-corrected chi connectivity index (χ0v) is 20.4. The van der Waals surface area contributed by atoms with E-state index in [4.69, 9.17) is 9.47 Å². The second kappa shape index (κ2) is 11.3. The molecule has 9 heteroatoms. The normalized spacial score (nSPS) is 18.0. The fourth-order valence-corrected chi connectivity index (χ4v) is 4.94. The lowest BCUT2D eigenvalue weighted by atomic mass is 9.97. The predicted octanol–water partition coefficient (Wildman–Crippen LogP) is 4.04. The molecule has 2 atom stereocenters. The number of esters is 1. The number of piperidine rings is 1. The first-order valence-corrected chi connectivity index (χ1v) is 12.1. The standard InChI is InChI=1S/C24H31N3O5S/c1-5-26(18(4)28)24-25-20(15-33-24)13-32-23(30)19-9-11-21(12-10-19)31-14-22(29)27-16(2)7-6-8-17(27)3/h9-12,15-17H,5-8,13-14H2,1-4H3. The van der Waals surface area contributed by atoms with Crippen molar-refractivity contribution in [2.24, 2.45) is 0 Å². The van der Waals surface area contributed by atoms with Crippen LogP contribution in [-0.2, 0) is 20.9 Å². The van der Waals surface area contributed by atoms with Crippen molar-refractivity contribution in [1.82, 2.24) is 9.88 Å². The van der Waals surface area contributed by atoms with E-state index in [9.17, 15) is 14.4 Å². The van der Waals surface area contributed by atoms with E-state index >= 15 is 0 Å². The molecule has 0 spiro atoms. The third kappa shape index (κ3) is 6.31. The Morgan fingerprint density at radius 1 is 1.15 bits per heavy atom. The molecule has 1 fully saturated rings. The summed E-state index contributed by atoms with van der Waals surface area (Å²) in [4.78, 5) is 44.4. The van der Waals surface area contributed by atoms with E-state index < -0.39 is 5.97 Å². The number of hydrogen-bond donors (Lipinski definition) is 0. The Morgan fingerprint density at radius 2 is 1.82 bits per heavy atom. The first-order valence-electron chi connectivity index (χ1n) is 11.2. The number of hydrogen-bond acceptors (Lipinski definition) is 7. The number of aromatic nitrogens is 1. The molecule has 8 nitrogen and oxygen atoms in total. The maximum absolute atomic E-state index is 12.6. The molecule has 2 amide bonds. The van der Waals surface area contributed by atoms with Crippen LogP contribution < -0.4 is 9.64 Å². The third-order valence-electron chi connectivity index (χ3n) is 5.75. The number of ether oxygens (including phenoxy) is 2. The molecule has 1 aliphatic heterocycles. The largest absolute Gasteiger partial charge is 0.484 e. The number of benzene rings is 1. The summed E-state index contributed by atoms with van der Waals surface area (Å²) in [5.74, 6) is -0.0705. The topological polar surface area (TPSA) is 89.0 Å². The maximum atomic E-state index is 12.6. The van der Waals surface area contributed by atoms with Gasteiger partial charge in [0.25, 0.3) is 5.91 Å².